The molecular formula is C16H17FN2O3S. The van der Waals surface area contributed by atoms with Crippen LogP contribution in [0.5, 0.6) is 5.75 Å². The molecule has 1 aromatic carbocycles. The minimum absolute atomic E-state index is 0.0200. The molecule has 0 aliphatic heterocycles. The number of hydrogen-bond donors (Lipinski definition) is 0. The molecule has 0 saturated heterocycles. The van der Waals surface area contributed by atoms with Gasteiger partial charge in [-0.25, -0.2) is 12.8 Å². The lowest BCUT2D eigenvalue weighted by molar-refractivity contribution is 0.382. The Bertz CT molecular complexity index is 792. The number of pyridine rings is 1. The number of ether oxygens (including phenoxy) is 1. The molecule has 0 radical (unpaired) electrons. The normalized spacial score (nSPS) is 14.9. The quantitative estimate of drug-likeness (QED) is 0.813. The Kier molecular flexibility index (Phi) is 4.32. The summed E-state index contributed by atoms with van der Waals surface area (Å²) in [6.45, 7) is 0.182. The maximum atomic E-state index is 13.9. The fraction of sp³-hybridized carbons (Fsp3) is 0.312. The van der Waals surface area contributed by atoms with Crippen LogP contribution in [0.1, 0.15) is 18.5 Å². The fourth-order valence-electron chi connectivity index (χ4n) is 2.37. The van der Waals surface area contributed by atoms with Crippen LogP contribution in [-0.2, 0) is 16.6 Å². The Balaban J connectivity index is 1.93. The van der Waals surface area contributed by atoms with Gasteiger partial charge in [-0.2, -0.15) is 4.31 Å². The van der Waals surface area contributed by atoms with Crippen molar-refractivity contribution in [3.63, 3.8) is 0 Å². The molecule has 0 bridgehead atoms. The molecule has 0 N–H and O–H groups in total. The topological polar surface area (TPSA) is 59.5 Å². The highest BCUT2D eigenvalue weighted by atomic mass is 32.2. The summed E-state index contributed by atoms with van der Waals surface area (Å²) in [5.41, 5.74) is 0.664. The van der Waals surface area contributed by atoms with Gasteiger partial charge in [0.25, 0.3) is 0 Å². The molecule has 5 nitrogen and oxygen atoms in total. The summed E-state index contributed by atoms with van der Waals surface area (Å²) in [5.74, 6) is -0.672. The van der Waals surface area contributed by atoms with E-state index in [1.54, 1.807) is 18.3 Å². The van der Waals surface area contributed by atoms with Gasteiger partial charge < -0.3 is 4.74 Å². The molecule has 122 valence electrons. The number of sulfonamides is 1. The van der Waals surface area contributed by atoms with Crippen molar-refractivity contribution in [2.45, 2.75) is 30.3 Å². The highest BCUT2D eigenvalue weighted by molar-refractivity contribution is 7.89. The van der Waals surface area contributed by atoms with Crippen molar-refractivity contribution in [2.75, 3.05) is 7.11 Å². The van der Waals surface area contributed by atoms with Crippen molar-refractivity contribution >= 4 is 10.0 Å². The van der Waals surface area contributed by atoms with Crippen molar-refractivity contribution in [1.82, 2.24) is 9.29 Å². The molecule has 1 heterocycles. The monoisotopic (exact) mass is 336 g/mol. The molecule has 23 heavy (non-hydrogen) atoms. The molecule has 1 aromatic heterocycles. The lowest BCUT2D eigenvalue weighted by Gasteiger charge is -2.21. The predicted octanol–water partition coefficient (Wildman–Crippen LogP) is 2.58. The number of hydrogen-bond acceptors (Lipinski definition) is 4. The third-order valence-electron chi connectivity index (χ3n) is 3.73. The van der Waals surface area contributed by atoms with Crippen molar-refractivity contribution < 1.29 is 17.5 Å². The van der Waals surface area contributed by atoms with E-state index in [-0.39, 0.29) is 23.2 Å². The number of nitrogens with zero attached hydrogens (tertiary/aromatic N) is 2. The maximum Gasteiger partial charge on any atom is 0.243 e. The molecule has 7 heteroatoms. The Morgan fingerprint density at radius 3 is 2.65 bits per heavy atom. The van der Waals surface area contributed by atoms with Crippen LogP contribution in [0.2, 0.25) is 0 Å². The first-order chi connectivity index (χ1) is 11.0. The second-order valence-electron chi connectivity index (χ2n) is 5.40. The van der Waals surface area contributed by atoms with Crippen LogP contribution in [0.25, 0.3) is 0 Å². The van der Waals surface area contributed by atoms with E-state index in [1.165, 1.54) is 23.5 Å². The van der Waals surface area contributed by atoms with Gasteiger partial charge in [0.1, 0.15) is 0 Å². The summed E-state index contributed by atoms with van der Waals surface area (Å²) in [7, 11) is -2.45. The van der Waals surface area contributed by atoms with Crippen molar-refractivity contribution in [3.05, 3.63) is 54.1 Å². The minimum atomic E-state index is -3.79. The van der Waals surface area contributed by atoms with E-state index in [9.17, 15) is 12.8 Å². The Morgan fingerprint density at radius 1 is 1.30 bits per heavy atom. The zero-order valence-corrected chi connectivity index (χ0v) is 13.5. The number of benzene rings is 1. The molecule has 1 aliphatic rings. The smallest absolute Gasteiger partial charge is 0.243 e. The molecule has 0 atom stereocenters. The van der Waals surface area contributed by atoms with Crippen LogP contribution < -0.4 is 4.74 Å². The molecule has 1 fully saturated rings. The standard InChI is InChI=1S/C16H17FN2O3S/c1-22-16-8-7-14(10-15(16)17)23(20,21)19(13-5-6-13)11-12-4-2-3-9-18-12/h2-4,7-10,13H,5-6,11H2,1H3. The molecule has 0 unspecified atom stereocenters. The number of aromatic nitrogens is 1. The minimum Gasteiger partial charge on any atom is -0.494 e. The molecule has 0 spiro atoms. The van der Waals surface area contributed by atoms with Crippen LogP contribution in [0.4, 0.5) is 4.39 Å². The van der Waals surface area contributed by atoms with Crippen molar-refractivity contribution in [3.8, 4) is 5.75 Å². The highest BCUT2D eigenvalue weighted by Gasteiger charge is 2.38. The molecule has 2 aromatic rings. The number of methoxy groups -OCH3 is 1. The van der Waals surface area contributed by atoms with Crippen LogP contribution in [0.3, 0.4) is 0 Å². The second kappa shape index (κ2) is 6.25. The van der Waals surface area contributed by atoms with E-state index in [0.717, 1.165) is 18.9 Å². The summed E-state index contributed by atoms with van der Waals surface area (Å²) < 4.78 is 45.8. The van der Waals surface area contributed by atoms with E-state index < -0.39 is 15.8 Å². The molecule has 1 aliphatic carbocycles. The molecule has 1 saturated carbocycles. The van der Waals surface area contributed by atoms with Gasteiger partial charge in [0.05, 0.1) is 24.2 Å². The van der Waals surface area contributed by atoms with Gasteiger partial charge in [0.2, 0.25) is 10.0 Å². The van der Waals surface area contributed by atoms with E-state index >= 15 is 0 Å². The SMILES string of the molecule is COc1ccc(S(=O)(=O)N(Cc2ccccn2)C2CC2)cc1F. The first-order valence-corrected chi connectivity index (χ1v) is 8.71. The van der Waals surface area contributed by atoms with Crippen LogP contribution >= 0.6 is 0 Å². The molecular weight excluding hydrogens is 319 g/mol. The van der Waals surface area contributed by atoms with E-state index in [2.05, 4.69) is 4.98 Å². The van der Waals surface area contributed by atoms with Crippen LogP contribution in [0, 0.1) is 5.82 Å². The fourth-order valence-corrected chi connectivity index (χ4v) is 4.04. The first kappa shape index (κ1) is 15.9. The number of rotatable bonds is 6. The zero-order chi connectivity index (χ0) is 16.4. The summed E-state index contributed by atoms with van der Waals surface area (Å²) in [6.07, 6.45) is 3.25. The zero-order valence-electron chi connectivity index (χ0n) is 12.6. The number of halogens is 1. The van der Waals surface area contributed by atoms with Gasteiger partial charge in [-0.15, -0.1) is 0 Å². The van der Waals surface area contributed by atoms with Gasteiger partial charge in [-0.1, -0.05) is 6.07 Å². The van der Waals surface area contributed by atoms with E-state index in [4.69, 9.17) is 4.74 Å². The molecule has 3 rings (SSSR count). The third-order valence-corrected chi connectivity index (χ3v) is 5.62. The Labute approximate surface area is 134 Å². The summed E-state index contributed by atoms with van der Waals surface area (Å²) >= 11 is 0. The van der Waals surface area contributed by atoms with Crippen LogP contribution in [0.15, 0.2) is 47.5 Å². The second-order valence-corrected chi connectivity index (χ2v) is 7.29. The highest BCUT2D eigenvalue weighted by Crippen LogP contribution is 2.34. The Hall–Kier alpha value is -1.99. The van der Waals surface area contributed by atoms with Crippen LogP contribution in [-0.4, -0.2) is 30.9 Å². The summed E-state index contributed by atoms with van der Waals surface area (Å²) in [6, 6.07) is 9.01. The van der Waals surface area contributed by atoms with Gasteiger partial charge in [0, 0.05) is 12.2 Å². The Morgan fingerprint density at radius 2 is 2.09 bits per heavy atom. The summed E-state index contributed by atoms with van der Waals surface area (Å²) in [5, 5.41) is 0. The average Bonchev–Trinajstić information content (AvgIpc) is 3.38. The van der Waals surface area contributed by atoms with E-state index in [1.807, 2.05) is 6.07 Å². The maximum absolute atomic E-state index is 13.9. The average molecular weight is 336 g/mol. The van der Waals surface area contributed by atoms with Crippen molar-refractivity contribution in [1.29, 1.82) is 0 Å². The lowest BCUT2D eigenvalue weighted by Crippen LogP contribution is -2.33. The van der Waals surface area contributed by atoms with Gasteiger partial charge in [-0.05, 0) is 43.2 Å². The van der Waals surface area contributed by atoms with Crippen molar-refractivity contribution in [2.24, 2.45) is 0 Å². The first-order valence-electron chi connectivity index (χ1n) is 7.27. The van der Waals surface area contributed by atoms with Gasteiger partial charge in [0.15, 0.2) is 11.6 Å². The predicted molar refractivity (Wildman–Crippen MR) is 82.9 cm³/mol. The van der Waals surface area contributed by atoms with Gasteiger partial charge in [-0.3, -0.25) is 4.98 Å². The van der Waals surface area contributed by atoms with Gasteiger partial charge >= 0.3 is 0 Å². The molecule has 0 amide bonds. The van der Waals surface area contributed by atoms with E-state index in [0.29, 0.717) is 5.69 Å². The summed E-state index contributed by atoms with van der Waals surface area (Å²) in [4.78, 5) is 4.11. The lowest BCUT2D eigenvalue weighted by atomic mass is 10.3. The largest absolute Gasteiger partial charge is 0.494 e. The third kappa shape index (κ3) is 3.35.